The summed E-state index contributed by atoms with van der Waals surface area (Å²) in [5, 5.41) is 2.66. The van der Waals surface area contributed by atoms with Crippen molar-refractivity contribution in [2.75, 3.05) is 5.32 Å². The molecule has 0 spiro atoms. The Bertz CT molecular complexity index is 359. The van der Waals surface area contributed by atoms with Gasteiger partial charge in [-0.15, -0.1) is 0 Å². The van der Waals surface area contributed by atoms with E-state index >= 15 is 0 Å². The van der Waals surface area contributed by atoms with E-state index in [-0.39, 0.29) is 6.10 Å². The standard InChI is InChI=1S/C12H16NO2/c1-8(2)15-12(14)13-11-7-5-6-9(3)10(11)4/h5-8H,4H2,1-3H3,(H,13,14). The number of anilines is 1. The molecule has 1 rings (SSSR count). The van der Waals surface area contributed by atoms with E-state index < -0.39 is 6.09 Å². The van der Waals surface area contributed by atoms with Gasteiger partial charge in [-0.1, -0.05) is 12.1 Å². The highest BCUT2D eigenvalue weighted by Crippen LogP contribution is 2.18. The summed E-state index contributed by atoms with van der Waals surface area (Å²) in [7, 11) is 0. The van der Waals surface area contributed by atoms with Gasteiger partial charge in [-0.2, -0.15) is 0 Å². The maximum absolute atomic E-state index is 11.3. The first-order chi connectivity index (χ1) is 7.00. The van der Waals surface area contributed by atoms with E-state index in [1.165, 1.54) is 0 Å². The molecule has 3 heteroatoms. The average Bonchev–Trinajstić information content (AvgIpc) is 2.11. The number of amides is 1. The van der Waals surface area contributed by atoms with Crippen molar-refractivity contribution < 1.29 is 9.53 Å². The van der Waals surface area contributed by atoms with Gasteiger partial charge in [-0.05, 0) is 44.9 Å². The molecule has 0 saturated heterocycles. The maximum Gasteiger partial charge on any atom is 0.411 e. The summed E-state index contributed by atoms with van der Waals surface area (Å²) in [6, 6.07) is 5.62. The lowest BCUT2D eigenvalue weighted by Crippen LogP contribution is -2.18. The zero-order valence-electron chi connectivity index (χ0n) is 9.33. The summed E-state index contributed by atoms with van der Waals surface area (Å²) in [6.07, 6.45) is -0.566. The molecule has 0 bridgehead atoms. The molecule has 1 amide bonds. The molecule has 0 aliphatic carbocycles. The van der Waals surface area contributed by atoms with Crippen LogP contribution in [0.3, 0.4) is 0 Å². The van der Waals surface area contributed by atoms with Gasteiger partial charge in [0.15, 0.2) is 0 Å². The third-order valence-corrected chi connectivity index (χ3v) is 1.99. The summed E-state index contributed by atoms with van der Waals surface area (Å²) >= 11 is 0. The quantitative estimate of drug-likeness (QED) is 0.807. The van der Waals surface area contributed by atoms with Crippen molar-refractivity contribution in [3.63, 3.8) is 0 Å². The van der Waals surface area contributed by atoms with Crippen molar-refractivity contribution in [2.45, 2.75) is 26.9 Å². The molecule has 0 aromatic heterocycles. The van der Waals surface area contributed by atoms with E-state index in [0.29, 0.717) is 5.69 Å². The Kier molecular flexibility index (Phi) is 3.72. The Morgan fingerprint density at radius 1 is 1.47 bits per heavy atom. The van der Waals surface area contributed by atoms with Crippen molar-refractivity contribution in [3.05, 3.63) is 36.2 Å². The van der Waals surface area contributed by atoms with Gasteiger partial charge in [-0.25, -0.2) is 4.79 Å². The Morgan fingerprint density at radius 3 is 2.73 bits per heavy atom. The number of hydrogen-bond donors (Lipinski definition) is 1. The Labute approximate surface area is 90.4 Å². The number of hydrogen-bond acceptors (Lipinski definition) is 2. The number of rotatable bonds is 2. The lowest BCUT2D eigenvalue weighted by atomic mass is 10.1. The van der Waals surface area contributed by atoms with Crippen LogP contribution in [0.4, 0.5) is 10.5 Å². The molecular formula is C12H16NO2. The van der Waals surface area contributed by atoms with E-state index in [0.717, 1.165) is 11.1 Å². The van der Waals surface area contributed by atoms with E-state index in [1.807, 2.05) is 19.1 Å². The molecule has 15 heavy (non-hydrogen) atoms. The van der Waals surface area contributed by atoms with Crippen LogP contribution in [0.1, 0.15) is 25.0 Å². The minimum absolute atomic E-state index is 0.122. The molecule has 0 saturated carbocycles. The third-order valence-electron chi connectivity index (χ3n) is 1.99. The molecule has 0 fully saturated rings. The van der Waals surface area contributed by atoms with Crippen LogP contribution >= 0.6 is 0 Å². The first-order valence-electron chi connectivity index (χ1n) is 4.90. The average molecular weight is 206 g/mol. The van der Waals surface area contributed by atoms with Crippen LogP contribution < -0.4 is 5.32 Å². The van der Waals surface area contributed by atoms with Crippen molar-refractivity contribution in [3.8, 4) is 0 Å². The summed E-state index contributed by atoms with van der Waals surface area (Å²) in [6.45, 7) is 9.44. The molecule has 0 aliphatic rings. The van der Waals surface area contributed by atoms with Crippen LogP contribution in [0.25, 0.3) is 0 Å². The number of benzene rings is 1. The van der Waals surface area contributed by atoms with Gasteiger partial charge < -0.3 is 4.74 Å². The fraction of sp³-hybridized carbons (Fsp3) is 0.333. The largest absolute Gasteiger partial charge is 0.447 e. The van der Waals surface area contributed by atoms with Gasteiger partial charge in [0.1, 0.15) is 0 Å². The summed E-state index contributed by atoms with van der Waals surface area (Å²) in [4.78, 5) is 11.3. The highest BCUT2D eigenvalue weighted by Gasteiger charge is 2.07. The first kappa shape index (κ1) is 11.6. The van der Waals surface area contributed by atoms with Gasteiger partial charge >= 0.3 is 6.09 Å². The zero-order valence-corrected chi connectivity index (χ0v) is 9.33. The molecule has 1 aromatic carbocycles. The van der Waals surface area contributed by atoms with Crippen LogP contribution in [0, 0.1) is 13.8 Å². The zero-order chi connectivity index (χ0) is 11.4. The molecule has 0 unspecified atom stereocenters. The maximum atomic E-state index is 11.3. The van der Waals surface area contributed by atoms with Crippen molar-refractivity contribution in [1.29, 1.82) is 0 Å². The van der Waals surface area contributed by atoms with Gasteiger partial charge in [0.05, 0.1) is 6.10 Å². The van der Waals surface area contributed by atoms with Crippen LogP contribution in [-0.4, -0.2) is 12.2 Å². The molecule has 0 aliphatic heterocycles. The van der Waals surface area contributed by atoms with E-state index in [9.17, 15) is 4.79 Å². The van der Waals surface area contributed by atoms with Crippen LogP contribution in [0.15, 0.2) is 18.2 Å². The minimum Gasteiger partial charge on any atom is -0.447 e. The van der Waals surface area contributed by atoms with E-state index in [1.54, 1.807) is 19.9 Å². The summed E-state index contributed by atoms with van der Waals surface area (Å²) in [5.74, 6) is 0. The highest BCUT2D eigenvalue weighted by molar-refractivity contribution is 5.86. The number of nitrogens with one attached hydrogen (secondary N) is 1. The molecule has 1 N–H and O–H groups in total. The molecule has 81 valence electrons. The predicted molar refractivity (Wildman–Crippen MR) is 60.9 cm³/mol. The van der Waals surface area contributed by atoms with Crippen LogP contribution in [-0.2, 0) is 4.74 Å². The Balaban J connectivity index is 2.73. The van der Waals surface area contributed by atoms with Gasteiger partial charge in [-0.3, -0.25) is 5.32 Å². The smallest absolute Gasteiger partial charge is 0.411 e. The second-order valence-corrected chi connectivity index (χ2v) is 3.68. The number of carbonyl (C=O) groups is 1. The van der Waals surface area contributed by atoms with E-state index in [2.05, 4.69) is 12.2 Å². The van der Waals surface area contributed by atoms with Crippen molar-refractivity contribution in [2.24, 2.45) is 0 Å². The van der Waals surface area contributed by atoms with Crippen LogP contribution in [0.2, 0.25) is 0 Å². The van der Waals surface area contributed by atoms with Crippen molar-refractivity contribution >= 4 is 11.8 Å². The van der Waals surface area contributed by atoms with Gasteiger partial charge in [0.25, 0.3) is 0 Å². The lowest BCUT2D eigenvalue weighted by Gasteiger charge is -2.12. The molecule has 0 atom stereocenters. The molecule has 0 heterocycles. The first-order valence-corrected chi connectivity index (χ1v) is 4.90. The second kappa shape index (κ2) is 4.82. The predicted octanol–water partition coefficient (Wildman–Crippen LogP) is 3.13. The van der Waals surface area contributed by atoms with E-state index in [4.69, 9.17) is 4.74 Å². The monoisotopic (exact) mass is 206 g/mol. The second-order valence-electron chi connectivity index (χ2n) is 3.68. The van der Waals surface area contributed by atoms with Crippen molar-refractivity contribution in [1.82, 2.24) is 0 Å². The Hall–Kier alpha value is -1.51. The third kappa shape index (κ3) is 3.27. The molecule has 1 radical (unpaired) electrons. The molecular weight excluding hydrogens is 190 g/mol. The Morgan fingerprint density at radius 2 is 2.13 bits per heavy atom. The number of aryl methyl sites for hydroxylation is 1. The van der Waals surface area contributed by atoms with Crippen LogP contribution in [0.5, 0.6) is 0 Å². The lowest BCUT2D eigenvalue weighted by molar-refractivity contribution is 0.130. The topological polar surface area (TPSA) is 38.3 Å². The highest BCUT2D eigenvalue weighted by atomic mass is 16.6. The van der Waals surface area contributed by atoms with Gasteiger partial charge in [0.2, 0.25) is 0 Å². The minimum atomic E-state index is -0.444. The SMILES string of the molecule is [CH2]c1c(C)cccc1NC(=O)OC(C)C. The number of ether oxygens (including phenoxy) is 1. The fourth-order valence-corrected chi connectivity index (χ4v) is 1.17. The molecule has 1 aromatic rings. The van der Waals surface area contributed by atoms with Gasteiger partial charge in [0, 0.05) is 5.69 Å². The number of carbonyl (C=O) groups excluding carboxylic acids is 1. The molecule has 3 nitrogen and oxygen atoms in total. The fourth-order valence-electron chi connectivity index (χ4n) is 1.17. The summed E-state index contributed by atoms with van der Waals surface area (Å²) in [5.41, 5.74) is 2.55. The normalized spacial score (nSPS) is 10.2. The summed E-state index contributed by atoms with van der Waals surface area (Å²) < 4.78 is 4.97.